The van der Waals surface area contributed by atoms with Gasteiger partial charge in [-0.15, -0.1) is 0 Å². The first-order valence-electron chi connectivity index (χ1n) is 6.47. The van der Waals surface area contributed by atoms with Crippen molar-refractivity contribution in [3.8, 4) is 17.3 Å². The Hall–Kier alpha value is -2.12. The normalized spacial score (nSPS) is 23.3. The molecule has 19 heavy (non-hydrogen) atoms. The van der Waals surface area contributed by atoms with Crippen LogP contribution in [0.4, 0.5) is 0 Å². The topological polar surface area (TPSA) is 61.8 Å². The van der Waals surface area contributed by atoms with Gasteiger partial charge in [0.05, 0.1) is 41.8 Å². The van der Waals surface area contributed by atoms with Crippen LogP contribution >= 0.6 is 0 Å². The standard InChI is InChI=1S/C15H13N3O/c16-8-15(5-6-15)14(19)13-11-4-2-1-3-10(11)12-7-17-9-18(12)13/h1-4,7,9,13-14,19H,5-6H2/t13-,14+/m1/s1. The van der Waals surface area contributed by atoms with E-state index in [-0.39, 0.29) is 6.04 Å². The smallest absolute Gasteiger partial charge is 0.0975 e. The maximum absolute atomic E-state index is 10.7. The van der Waals surface area contributed by atoms with Crippen LogP contribution in [0.1, 0.15) is 24.4 Å². The summed E-state index contributed by atoms with van der Waals surface area (Å²) in [5, 5.41) is 20.0. The molecule has 4 rings (SSSR count). The van der Waals surface area contributed by atoms with Crippen molar-refractivity contribution in [2.24, 2.45) is 5.41 Å². The van der Waals surface area contributed by atoms with Crippen molar-refractivity contribution < 1.29 is 5.11 Å². The molecule has 1 aliphatic heterocycles. The third-order valence-corrected chi connectivity index (χ3v) is 4.40. The highest BCUT2D eigenvalue weighted by Gasteiger charge is 2.54. The van der Waals surface area contributed by atoms with Gasteiger partial charge < -0.3 is 9.67 Å². The second-order valence-electron chi connectivity index (χ2n) is 5.43. The Morgan fingerprint density at radius 2 is 2.21 bits per heavy atom. The summed E-state index contributed by atoms with van der Waals surface area (Å²) in [6, 6.07) is 10.2. The molecule has 1 aliphatic carbocycles. The molecule has 94 valence electrons. The number of benzene rings is 1. The van der Waals surface area contributed by atoms with E-state index in [1.165, 1.54) is 0 Å². The molecular weight excluding hydrogens is 238 g/mol. The van der Waals surface area contributed by atoms with Crippen LogP contribution in [0.25, 0.3) is 11.3 Å². The van der Waals surface area contributed by atoms with Crippen LogP contribution < -0.4 is 0 Å². The van der Waals surface area contributed by atoms with Gasteiger partial charge in [-0.2, -0.15) is 5.26 Å². The zero-order valence-corrected chi connectivity index (χ0v) is 10.3. The second kappa shape index (κ2) is 3.46. The Balaban J connectivity index is 1.88. The SMILES string of the molecule is N#CC1([C@@H](O)[C@H]2c3ccccc3-c3cncn32)CC1. The van der Waals surface area contributed by atoms with Gasteiger partial charge in [-0.3, -0.25) is 0 Å². The van der Waals surface area contributed by atoms with E-state index in [0.717, 1.165) is 29.7 Å². The van der Waals surface area contributed by atoms with Crippen LogP contribution in [-0.4, -0.2) is 20.8 Å². The molecule has 2 aromatic rings. The van der Waals surface area contributed by atoms with E-state index in [1.807, 2.05) is 35.0 Å². The van der Waals surface area contributed by atoms with Crippen molar-refractivity contribution in [1.82, 2.24) is 9.55 Å². The summed E-state index contributed by atoms with van der Waals surface area (Å²) >= 11 is 0. The zero-order valence-electron chi connectivity index (χ0n) is 10.3. The number of rotatable bonds is 2. The maximum atomic E-state index is 10.7. The highest BCUT2D eigenvalue weighted by molar-refractivity contribution is 5.69. The molecule has 0 unspecified atom stereocenters. The van der Waals surface area contributed by atoms with E-state index in [1.54, 1.807) is 6.33 Å². The van der Waals surface area contributed by atoms with Crippen LogP contribution in [0.3, 0.4) is 0 Å². The number of hydrogen-bond acceptors (Lipinski definition) is 3. The zero-order chi connectivity index (χ0) is 13.0. The Kier molecular flexibility index (Phi) is 1.96. The molecule has 1 aromatic heterocycles. The number of aliphatic hydroxyl groups excluding tert-OH is 1. The molecule has 0 bridgehead atoms. The van der Waals surface area contributed by atoms with Crippen molar-refractivity contribution in [2.75, 3.05) is 0 Å². The van der Waals surface area contributed by atoms with E-state index in [4.69, 9.17) is 0 Å². The first kappa shape index (κ1) is 10.8. The van der Waals surface area contributed by atoms with Crippen LogP contribution in [0.2, 0.25) is 0 Å². The van der Waals surface area contributed by atoms with Gasteiger partial charge in [0.15, 0.2) is 0 Å². The Morgan fingerprint density at radius 1 is 1.42 bits per heavy atom. The predicted molar refractivity (Wildman–Crippen MR) is 69.1 cm³/mol. The molecule has 0 radical (unpaired) electrons. The fourth-order valence-corrected chi connectivity index (χ4v) is 3.11. The molecule has 1 saturated carbocycles. The predicted octanol–water partition coefficient (Wildman–Crippen LogP) is 2.12. The van der Waals surface area contributed by atoms with E-state index in [2.05, 4.69) is 11.1 Å². The Bertz CT molecular complexity index is 693. The monoisotopic (exact) mass is 251 g/mol. The number of fused-ring (bicyclic) bond motifs is 3. The molecule has 1 aromatic carbocycles. The van der Waals surface area contributed by atoms with Crippen LogP contribution in [0, 0.1) is 16.7 Å². The minimum atomic E-state index is -0.672. The fraction of sp³-hybridized carbons (Fsp3) is 0.333. The number of aromatic nitrogens is 2. The van der Waals surface area contributed by atoms with Crippen molar-refractivity contribution in [2.45, 2.75) is 25.0 Å². The lowest BCUT2D eigenvalue weighted by atomic mass is 9.89. The summed E-state index contributed by atoms with van der Waals surface area (Å²) in [6.45, 7) is 0. The van der Waals surface area contributed by atoms with Crippen molar-refractivity contribution in [3.63, 3.8) is 0 Å². The van der Waals surface area contributed by atoms with Gasteiger partial charge in [-0.1, -0.05) is 24.3 Å². The van der Waals surface area contributed by atoms with Gasteiger partial charge in [0, 0.05) is 5.56 Å². The van der Waals surface area contributed by atoms with Crippen LogP contribution in [0.15, 0.2) is 36.8 Å². The fourth-order valence-electron chi connectivity index (χ4n) is 3.11. The minimum absolute atomic E-state index is 0.184. The van der Waals surface area contributed by atoms with Crippen LogP contribution in [-0.2, 0) is 0 Å². The summed E-state index contributed by atoms with van der Waals surface area (Å²) in [4.78, 5) is 4.17. The minimum Gasteiger partial charge on any atom is -0.389 e. The summed E-state index contributed by atoms with van der Waals surface area (Å²) < 4.78 is 1.99. The molecule has 0 spiro atoms. The van der Waals surface area contributed by atoms with Crippen LogP contribution in [0.5, 0.6) is 0 Å². The molecular formula is C15H13N3O. The number of imidazole rings is 1. The first-order valence-corrected chi connectivity index (χ1v) is 6.47. The van der Waals surface area contributed by atoms with E-state index in [9.17, 15) is 10.4 Å². The third kappa shape index (κ3) is 1.28. The quantitative estimate of drug-likeness (QED) is 0.889. The van der Waals surface area contributed by atoms with Gasteiger partial charge >= 0.3 is 0 Å². The van der Waals surface area contributed by atoms with Gasteiger partial charge in [-0.25, -0.2) is 4.98 Å². The van der Waals surface area contributed by atoms with Crippen molar-refractivity contribution in [3.05, 3.63) is 42.4 Å². The molecule has 2 heterocycles. The highest BCUT2D eigenvalue weighted by Crippen LogP contribution is 2.54. The lowest BCUT2D eigenvalue weighted by Crippen LogP contribution is -2.30. The Morgan fingerprint density at radius 3 is 2.95 bits per heavy atom. The third-order valence-electron chi connectivity index (χ3n) is 4.40. The maximum Gasteiger partial charge on any atom is 0.0975 e. The molecule has 4 heteroatoms. The average molecular weight is 251 g/mol. The summed E-state index contributed by atoms with van der Waals surface area (Å²) in [6.07, 6.45) is 4.46. The second-order valence-corrected chi connectivity index (χ2v) is 5.43. The van der Waals surface area contributed by atoms with Gasteiger partial charge in [0.25, 0.3) is 0 Å². The molecule has 2 atom stereocenters. The number of nitrogens with zero attached hydrogens (tertiary/aromatic N) is 3. The lowest BCUT2D eigenvalue weighted by molar-refractivity contribution is 0.0840. The Labute approximate surface area is 110 Å². The van der Waals surface area contributed by atoms with E-state index >= 15 is 0 Å². The molecule has 2 aliphatic rings. The molecule has 4 nitrogen and oxygen atoms in total. The van der Waals surface area contributed by atoms with E-state index in [0.29, 0.717) is 0 Å². The molecule has 1 fully saturated rings. The summed E-state index contributed by atoms with van der Waals surface area (Å²) in [5.74, 6) is 0. The molecule has 0 amide bonds. The largest absolute Gasteiger partial charge is 0.389 e. The number of nitriles is 1. The average Bonchev–Trinajstić information content (AvgIpc) is 3.00. The van der Waals surface area contributed by atoms with Gasteiger partial charge in [-0.05, 0) is 18.4 Å². The summed E-state index contributed by atoms with van der Waals surface area (Å²) in [5.41, 5.74) is 2.66. The lowest BCUT2D eigenvalue weighted by Gasteiger charge is -2.24. The van der Waals surface area contributed by atoms with Crippen molar-refractivity contribution >= 4 is 0 Å². The van der Waals surface area contributed by atoms with Gasteiger partial charge in [0.1, 0.15) is 0 Å². The van der Waals surface area contributed by atoms with Gasteiger partial charge in [0.2, 0.25) is 0 Å². The first-order chi connectivity index (χ1) is 9.27. The molecule has 1 N–H and O–H groups in total. The summed E-state index contributed by atoms with van der Waals surface area (Å²) in [7, 11) is 0. The number of aliphatic hydroxyl groups is 1. The highest BCUT2D eigenvalue weighted by atomic mass is 16.3. The van der Waals surface area contributed by atoms with E-state index < -0.39 is 11.5 Å². The molecule has 0 saturated heterocycles. The van der Waals surface area contributed by atoms with Crippen molar-refractivity contribution in [1.29, 1.82) is 5.26 Å². The number of hydrogen-bond donors (Lipinski definition) is 1.